The first-order valence-corrected chi connectivity index (χ1v) is 9.84. The van der Waals surface area contributed by atoms with Gasteiger partial charge in [-0.25, -0.2) is 4.98 Å². The van der Waals surface area contributed by atoms with Crippen LogP contribution in [0.4, 0.5) is 11.5 Å². The monoisotopic (exact) mass is 404 g/mol. The van der Waals surface area contributed by atoms with Crippen molar-refractivity contribution in [2.24, 2.45) is 17.8 Å². The molecule has 0 aliphatic heterocycles. The van der Waals surface area contributed by atoms with Gasteiger partial charge in [-0.15, -0.1) is 11.3 Å². The van der Waals surface area contributed by atoms with Crippen molar-refractivity contribution >= 4 is 28.7 Å². The van der Waals surface area contributed by atoms with Gasteiger partial charge in [-0.2, -0.15) is 5.10 Å². The van der Waals surface area contributed by atoms with E-state index in [1.807, 2.05) is 44.4 Å². The minimum absolute atomic E-state index is 0.479. The van der Waals surface area contributed by atoms with Crippen molar-refractivity contribution in [2.75, 3.05) is 5.32 Å². The van der Waals surface area contributed by atoms with Gasteiger partial charge in [-0.05, 0) is 30.7 Å². The molecule has 0 saturated heterocycles. The number of hydrogen-bond acceptors (Lipinski definition) is 7. The molecule has 3 N–H and O–H groups in total. The number of rotatable bonds is 6. The van der Waals surface area contributed by atoms with Gasteiger partial charge in [0, 0.05) is 36.9 Å². The van der Waals surface area contributed by atoms with E-state index in [0.717, 1.165) is 38.9 Å². The Morgan fingerprint density at radius 3 is 2.90 bits per heavy atom. The summed E-state index contributed by atoms with van der Waals surface area (Å²) in [6.07, 6.45) is 7.13. The van der Waals surface area contributed by atoms with E-state index in [4.69, 9.17) is 10.7 Å². The summed E-state index contributed by atoms with van der Waals surface area (Å²) < 4.78 is 1.74. The van der Waals surface area contributed by atoms with Crippen LogP contribution in [0.1, 0.15) is 16.1 Å². The number of nitrogens with zero attached hydrogens (tertiary/aromatic N) is 6. The number of aliphatic imine (C=N–C) groups is 1. The van der Waals surface area contributed by atoms with Crippen molar-refractivity contribution in [3.63, 3.8) is 0 Å². The molecule has 0 radical (unpaired) electrons. The van der Waals surface area contributed by atoms with Gasteiger partial charge in [0.2, 0.25) is 0 Å². The molecule has 0 amide bonds. The number of pyridine rings is 2. The van der Waals surface area contributed by atoms with Gasteiger partial charge >= 0.3 is 0 Å². The van der Waals surface area contributed by atoms with Crippen molar-refractivity contribution < 1.29 is 0 Å². The predicted molar refractivity (Wildman–Crippen MR) is 115 cm³/mol. The number of anilines is 2. The van der Waals surface area contributed by atoms with E-state index in [-0.39, 0.29) is 0 Å². The average molecular weight is 405 g/mol. The van der Waals surface area contributed by atoms with Crippen LogP contribution in [-0.4, -0.2) is 30.6 Å². The smallest absolute Gasteiger partial charge is 0.137 e. The highest BCUT2D eigenvalue weighted by Crippen LogP contribution is 2.23. The quantitative estimate of drug-likeness (QED) is 0.377. The molecule has 0 bridgehead atoms. The molecule has 4 aromatic heterocycles. The van der Waals surface area contributed by atoms with Crippen LogP contribution < -0.4 is 11.1 Å². The van der Waals surface area contributed by atoms with Crippen LogP contribution in [0, 0.1) is 6.92 Å². The summed E-state index contributed by atoms with van der Waals surface area (Å²) in [5.74, 6) is 1.23. The standard InChI is InChI=1S/C20H20N8S/c1-13-15(8-24-20(21)18-10-22-12-29-18)3-4-17(26-13)14-5-6-23-19(7-14)27-16-9-25-28(2)11-16/h3-7,9-12H,8H2,1-2H3,(H2,21,24)(H,23,27). The predicted octanol–water partition coefficient (Wildman–Crippen LogP) is 3.29. The summed E-state index contributed by atoms with van der Waals surface area (Å²) in [5, 5.41) is 7.40. The van der Waals surface area contributed by atoms with Crippen LogP contribution in [0.3, 0.4) is 0 Å². The first kappa shape index (κ1) is 18.8. The summed E-state index contributed by atoms with van der Waals surface area (Å²) in [6.45, 7) is 2.46. The van der Waals surface area contributed by atoms with Crippen molar-refractivity contribution in [1.29, 1.82) is 0 Å². The maximum absolute atomic E-state index is 6.02. The van der Waals surface area contributed by atoms with Crippen molar-refractivity contribution in [3.05, 3.63) is 70.7 Å². The fourth-order valence-electron chi connectivity index (χ4n) is 2.80. The second-order valence-corrected chi connectivity index (χ2v) is 7.35. The molecule has 146 valence electrons. The summed E-state index contributed by atoms with van der Waals surface area (Å²) in [5.41, 5.74) is 12.5. The average Bonchev–Trinajstić information content (AvgIpc) is 3.39. The molecular weight excluding hydrogens is 384 g/mol. The van der Waals surface area contributed by atoms with Crippen LogP contribution in [0.2, 0.25) is 0 Å². The van der Waals surface area contributed by atoms with Crippen LogP contribution >= 0.6 is 11.3 Å². The first-order valence-electron chi connectivity index (χ1n) is 8.96. The Balaban J connectivity index is 1.51. The molecule has 0 aliphatic carbocycles. The van der Waals surface area contributed by atoms with Gasteiger partial charge in [0.25, 0.3) is 0 Å². The van der Waals surface area contributed by atoms with Crippen molar-refractivity contribution in [2.45, 2.75) is 13.5 Å². The molecular formula is C20H20N8S. The van der Waals surface area contributed by atoms with E-state index in [1.165, 1.54) is 11.3 Å². The number of aromatic nitrogens is 5. The molecule has 0 spiro atoms. The molecule has 0 aliphatic rings. The molecule has 0 aromatic carbocycles. The third-order valence-electron chi connectivity index (χ3n) is 4.33. The van der Waals surface area contributed by atoms with Gasteiger partial charge in [0.15, 0.2) is 0 Å². The molecule has 9 heteroatoms. The van der Waals surface area contributed by atoms with Gasteiger partial charge in [0.05, 0.1) is 34.5 Å². The maximum Gasteiger partial charge on any atom is 0.137 e. The fraction of sp³-hybridized carbons (Fsp3) is 0.150. The topological polar surface area (TPSA) is 107 Å². The Bertz CT molecular complexity index is 1150. The Morgan fingerprint density at radius 2 is 2.17 bits per heavy atom. The Kier molecular flexibility index (Phi) is 5.30. The second-order valence-electron chi connectivity index (χ2n) is 6.47. The van der Waals surface area contributed by atoms with Gasteiger partial charge in [-0.1, -0.05) is 6.07 Å². The van der Waals surface area contributed by atoms with E-state index < -0.39 is 0 Å². The van der Waals surface area contributed by atoms with Gasteiger partial charge in [-0.3, -0.25) is 19.6 Å². The number of aryl methyl sites for hydroxylation is 2. The summed E-state index contributed by atoms with van der Waals surface area (Å²) in [6, 6.07) is 7.93. The Morgan fingerprint density at radius 1 is 1.28 bits per heavy atom. The normalized spacial score (nSPS) is 11.6. The minimum atomic E-state index is 0.479. The zero-order chi connectivity index (χ0) is 20.2. The molecule has 4 aromatic rings. The first-order chi connectivity index (χ1) is 14.1. The molecule has 0 atom stereocenters. The lowest BCUT2D eigenvalue weighted by molar-refractivity contribution is 0.768. The third kappa shape index (κ3) is 4.46. The fourth-order valence-corrected chi connectivity index (χ4v) is 3.34. The van der Waals surface area contributed by atoms with Crippen LogP contribution in [-0.2, 0) is 13.6 Å². The Labute approximate surface area is 172 Å². The van der Waals surface area contributed by atoms with Crippen molar-refractivity contribution in [1.82, 2.24) is 24.7 Å². The SMILES string of the molecule is Cc1nc(-c2ccnc(Nc3cnn(C)c3)c2)ccc1CN=C(N)c1cncs1. The molecule has 0 fully saturated rings. The van der Waals surface area contributed by atoms with E-state index in [0.29, 0.717) is 12.4 Å². The molecule has 8 nitrogen and oxygen atoms in total. The second kappa shape index (κ2) is 8.19. The lowest BCUT2D eigenvalue weighted by Gasteiger charge is -2.08. The Hall–Kier alpha value is -3.59. The number of amidine groups is 1. The van der Waals surface area contributed by atoms with Gasteiger partial charge in [0.1, 0.15) is 11.7 Å². The van der Waals surface area contributed by atoms with Crippen LogP contribution in [0.15, 0.2) is 59.6 Å². The van der Waals surface area contributed by atoms with E-state index in [2.05, 4.69) is 25.4 Å². The summed E-state index contributed by atoms with van der Waals surface area (Å²) in [7, 11) is 1.87. The number of hydrogen-bond donors (Lipinski definition) is 2. The van der Waals surface area contributed by atoms with Crippen LogP contribution in [0.25, 0.3) is 11.3 Å². The number of nitrogens with one attached hydrogen (secondary N) is 1. The zero-order valence-corrected chi connectivity index (χ0v) is 16.9. The van der Waals surface area contributed by atoms with Crippen LogP contribution in [0.5, 0.6) is 0 Å². The number of nitrogens with two attached hydrogens (primary N) is 1. The largest absolute Gasteiger partial charge is 0.383 e. The van der Waals surface area contributed by atoms with E-state index >= 15 is 0 Å². The maximum atomic E-state index is 6.02. The van der Waals surface area contributed by atoms with E-state index in [9.17, 15) is 0 Å². The van der Waals surface area contributed by atoms with Gasteiger partial charge < -0.3 is 11.1 Å². The summed E-state index contributed by atoms with van der Waals surface area (Å²) >= 11 is 1.47. The molecule has 4 heterocycles. The highest BCUT2D eigenvalue weighted by Gasteiger charge is 2.07. The number of thiazole rings is 1. The minimum Gasteiger partial charge on any atom is -0.383 e. The highest BCUT2D eigenvalue weighted by atomic mass is 32.1. The lowest BCUT2D eigenvalue weighted by Crippen LogP contribution is -2.12. The lowest BCUT2D eigenvalue weighted by atomic mass is 10.1. The molecule has 29 heavy (non-hydrogen) atoms. The highest BCUT2D eigenvalue weighted by molar-refractivity contribution is 7.11. The molecule has 4 rings (SSSR count). The molecule has 0 unspecified atom stereocenters. The van der Waals surface area contributed by atoms with E-state index in [1.54, 1.807) is 28.8 Å². The summed E-state index contributed by atoms with van der Waals surface area (Å²) in [4.78, 5) is 18.5. The van der Waals surface area contributed by atoms with Crippen molar-refractivity contribution in [3.8, 4) is 11.3 Å². The zero-order valence-electron chi connectivity index (χ0n) is 16.1. The third-order valence-corrected chi connectivity index (χ3v) is 5.13. The molecule has 0 saturated carbocycles.